The van der Waals surface area contributed by atoms with Gasteiger partial charge in [-0.3, -0.25) is 9.59 Å². The summed E-state index contributed by atoms with van der Waals surface area (Å²) in [6.45, 7) is 0.115. The van der Waals surface area contributed by atoms with E-state index < -0.39 is 5.91 Å². The van der Waals surface area contributed by atoms with E-state index in [1.54, 1.807) is 40.9 Å². The number of hydrogen-bond donors (Lipinski definition) is 2. The number of benzene rings is 1. The average Bonchev–Trinajstić information content (AvgIpc) is 2.48. The van der Waals surface area contributed by atoms with Crippen molar-refractivity contribution in [1.82, 2.24) is 0 Å². The number of hydrogen-bond acceptors (Lipinski definition) is 3. The summed E-state index contributed by atoms with van der Waals surface area (Å²) in [6, 6.07) is 10.9. The fourth-order valence-corrected chi connectivity index (χ4v) is 2.42. The molecule has 1 aromatic heterocycles. The lowest BCUT2D eigenvalue weighted by Crippen LogP contribution is -2.40. The lowest BCUT2D eigenvalue weighted by molar-refractivity contribution is -0.684. The molecule has 108 valence electrons. The number of pyridine rings is 1. The summed E-state index contributed by atoms with van der Waals surface area (Å²) >= 11 is 1.57. The number of anilines is 1. The number of carbonyl (C=O) groups is 2. The number of nitrogens with zero attached hydrogens (tertiary/aromatic N) is 1. The van der Waals surface area contributed by atoms with Gasteiger partial charge in [0.2, 0.25) is 6.54 Å². The minimum absolute atomic E-state index is 0.115. The van der Waals surface area contributed by atoms with Gasteiger partial charge in [-0.05, 0) is 24.5 Å². The molecule has 1 heterocycles. The molecular weight excluding hydrogens is 286 g/mol. The molecule has 5 nitrogen and oxygen atoms in total. The molecule has 3 N–H and O–H groups in total. The zero-order valence-electron chi connectivity index (χ0n) is 11.6. The number of primary amides is 1. The van der Waals surface area contributed by atoms with E-state index >= 15 is 0 Å². The average molecular weight is 302 g/mol. The van der Waals surface area contributed by atoms with Crippen LogP contribution >= 0.6 is 11.8 Å². The van der Waals surface area contributed by atoms with Crippen molar-refractivity contribution >= 4 is 29.3 Å². The lowest BCUT2D eigenvalue weighted by atomic mass is 10.2. The van der Waals surface area contributed by atoms with Crippen LogP contribution < -0.4 is 15.6 Å². The van der Waals surface area contributed by atoms with Gasteiger partial charge >= 0.3 is 0 Å². The molecule has 0 unspecified atom stereocenters. The van der Waals surface area contributed by atoms with Crippen molar-refractivity contribution in [2.24, 2.45) is 5.73 Å². The smallest absolute Gasteiger partial charge is 0.290 e. The Balaban J connectivity index is 2.08. The number of aromatic nitrogens is 1. The van der Waals surface area contributed by atoms with Gasteiger partial charge in [0.1, 0.15) is 5.56 Å². The highest BCUT2D eigenvalue weighted by Crippen LogP contribution is 2.24. The Hall–Kier alpha value is -2.34. The molecule has 0 aliphatic heterocycles. The van der Waals surface area contributed by atoms with Crippen molar-refractivity contribution in [2.45, 2.75) is 11.4 Å². The molecule has 0 atom stereocenters. The van der Waals surface area contributed by atoms with Crippen LogP contribution in [0.4, 0.5) is 5.69 Å². The number of carbonyl (C=O) groups excluding carboxylic acids is 2. The Bertz CT molecular complexity index is 673. The highest BCUT2D eigenvalue weighted by atomic mass is 32.2. The molecule has 0 aliphatic carbocycles. The second kappa shape index (κ2) is 6.90. The predicted octanol–water partition coefficient (Wildman–Crippen LogP) is 1.43. The van der Waals surface area contributed by atoms with E-state index in [1.165, 1.54) is 0 Å². The van der Waals surface area contributed by atoms with Crippen LogP contribution in [0.15, 0.2) is 53.7 Å². The minimum Gasteiger partial charge on any atom is -0.365 e. The molecule has 2 amide bonds. The van der Waals surface area contributed by atoms with Gasteiger partial charge in [0, 0.05) is 11.0 Å². The third-order valence-corrected chi connectivity index (χ3v) is 3.65. The van der Waals surface area contributed by atoms with Crippen LogP contribution in [0, 0.1) is 0 Å². The third kappa shape index (κ3) is 4.06. The highest BCUT2D eigenvalue weighted by molar-refractivity contribution is 7.98. The summed E-state index contributed by atoms with van der Waals surface area (Å²) in [6.07, 6.45) is 5.23. The Kier molecular flexibility index (Phi) is 4.94. The number of para-hydroxylation sites is 1. The van der Waals surface area contributed by atoms with Gasteiger partial charge in [-0.25, -0.2) is 0 Å². The summed E-state index contributed by atoms with van der Waals surface area (Å²) in [5.41, 5.74) is 6.37. The van der Waals surface area contributed by atoms with Crippen LogP contribution in [-0.4, -0.2) is 18.1 Å². The molecule has 0 fully saturated rings. The van der Waals surface area contributed by atoms with E-state index in [0.717, 1.165) is 10.6 Å². The fraction of sp³-hybridized carbons (Fsp3) is 0.133. The van der Waals surface area contributed by atoms with E-state index in [4.69, 9.17) is 5.73 Å². The van der Waals surface area contributed by atoms with Crippen LogP contribution in [0.2, 0.25) is 0 Å². The predicted molar refractivity (Wildman–Crippen MR) is 82.0 cm³/mol. The number of nitrogens with one attached hydrogen (secondary N) is 1. The maximum Gasteiger partial charge on any atom is 0.290 e. The summed E-state index contributed by atoms with van der Waals surface area (Å²) < 4.78 is 1.62. The molecule has 1 aromatic carbocycles. The first-order valence-electron chi connectivity index (χ1n) is 6.32. The zero-order chi connectivity index (χ0) is 15.2. The molecular formula is C15H16N3O2S+. The van der Waals surface area contributed by atoms with E-state index in [0.29, 0.717) is 5.56 Å². The second-order valence-corrected chi connectivity index (χ2v) is 5.23. The van der Waals surface area contributed by atoms with Gasteiger partial charge in [-0.2, -0.15) is 4.57 Å². The van der Waals surface area contributed by atoms with Gasteiger partial charge in [0.25, 0.3) is 11.8 Å². The van der Waals surface area contributed by atoms with Crippen LogP contribution in [0.3, 0.4) is 0 Å². The Labute approximate surface area is 127 Å². The van der Waals surface area contributed by atoms with Crippen LogP contribution in [0.5, 0.6) is 0 Å². The maximum absolute atomic E-state index is 12.1. The van der Waals surface area contributed by atoms with Crippen molar-refractivity contribution in [2.75, 3.05) is 11.6 Å². The summed E-state index contributed by atoms with van der Waals surface area (Å²) in [5, 5.41) is 2.86. The molecule has 21 heavy (non-hydrogen) atoms. The van der Waals surface area contributed by atoms with Gasteiger partial charge < -0.3 is 11.1 Å². The Morgan fingerprint density at radius 2 is 2.00 bits per heavy atom. The van der Waals surface area contributed by atoms with Crippen molar-refractivity contribution in [1.29, 1.82) is 0 Å². The summed E-state index contributed by atoms with van der Waals surface area (Å²) in [7, 11) is 0. The molecule has 0 spiro atoms. The largest absolute Gasteiger partial charge is 0.365 e. The number of rotatable bonds is 5. The highest BCUT2D eigenvalue weighted by Gasteiger charge is 2.13. The van der Waals surface area contributed by atoms with Gasteiger partial charge in [0.05, 0.1) is 5.69 Å². The summed E-state index contributed by atoms with van der Waals surface area (Å²) in [5.74, 6) is -0.680. The summed E-state index contributed by atoms with van der Waals surface area (Å²) in [4.78, 5) is 24.2. The Morgan fingerprint density at radius 3 is 2.71 bits per heavy atom. The van der Waals surface area contributed by atoms with Gasteiger partial charge in [0.15, 0.2) is 12.4 Å². The quantitative estimate of drug-likeness (QED) is 0.648. The normalized spacial score (nSPS) is 10.1. The second-order valence-electron chi connectivity index (χ2n) is 4.38. The first-order chi connectivity index (χ1) is 10.1. The zero-order valence-corrected chi connectivity index (χ0v) is 12.4. The molecule has 0 bridgehead atoms. The molecule has 0 radical (unpaired) electrons. The van der Waals surface area contributed by atoms with Gasteiger partial charge in [-0.1, -0.05) is 12.1 Å². The minimum atomic E-state index is -0.516. The molecule has 6 heteroatoms. The van der Waals surface area contributed by atoms with E-state index in [9.17, 15) is 9.59 Å². The standard InChI is InChI=1S/C15H15N3O2S/c1-21-13-7-3-2-6-12(13)17-14(19)10-18-8-4-5-11(9-18)15(16)20/h2-9H,10H2,1H3,(H2-,16,17,19,20)/p+1. The van der Waals surface area contributed by atoms with Crippen molar-refractivity contribution in [3.63, 3.8) is 0 Å². The molecule has 2 aromatic rings. The van der Waals surface area contributed by atoms with Crippen molar-refractivity contribution in [3.05, 3.63) is 54.4 Å². The topological polar surface area (TPSA) is 76.1 Å². The van der Waals surface area contributed by atoms with E-state index in [1.807, 2.05) is 30.5 Å². The number of thioether (sulfide) groups is 1. The fourth-order valence-electron chi connectivity index (χ4n) is 1.87. The van der Waals surface area contributed by atoms with Crippen molar-refractivity contribution < 1.29 is 14.2 Å². The first-order valence-corrected chi connectivity index (χ1v) is 7.54. The van der Waals surface area contributed by atoms with Crippen LogP contribution in [0.25, 0.3) is 0 Å². The van der Waals surface area contributed by atoms with Crippen molar-refractivity contribution in [3.8, 4) is 0 Å². The first kappa shape index (κ1) is 15.1. The molecule has 0 saturated carbocycles. The number of amides is 2. The van der Waals surface area contributed by atoms with Crippen LogP contribution in [0.1, 0.15) is 10.4 Å². The maximum atomic E-state index is 12.1. The Morgan fingerprint density at radius 1 is 1.24 bits per heavy atom. The monoisotopic (exact) mass is 302 g/mol. The molecule has 0 saturated heterocycles. The third-order valence-electron chi connectivity index (χ3n) is 2.85. The van der Waals surface area contributed by atoms with Crippen LogP contribution in [-0.2, 0) is 11.3 Å². The van der Waals surface area contributed by atoms with Gasteiger partial charge in [-0.15, -0.1) is 11.8 Å². The molecule has 2 rings (SSSR count). The molecule has 0 aliphatic rings. The van der Waals surface area contributed by atoms with E-state index in [-0.39, 0.29) is 12.5 Å². The SMILES string of the molecule is CSc1ccccc1NC(=O)C[n+]1cccc(C(N)=O)c1. The van der Waals surface area contributed by atoms with E-state index in [2.05, 4.69) is 5.32 Å². The number of nitrogens with two attached hydrogens (primary N) is 1. The lowest BCUT2D eigenvalue weighted by Gasteiger charge is -2.07.